The lowest BCUT2D eigenvalue weighted by molar-refractivity contribution is 0.0567. The van der Waals surface area contributed by atoms with Gasteiger partial charge in [-0.3, -0.25) is 4.90 Å². The summed E-state index contributed by atoms with van der Waals surface area (Å²) < 4.78 is 11.2. The van der Waals surface area contributed by atoms with Crippen LogP contribution in [-0.2, 0) is 10.5 Å². The lowest BCUT2D eigenvalue weighted by Crippen LogP contribution is -2.41. The summed E-state index contributed by atoms with van der Waals surface area (Å²) in [5.74, 6) is 1.61. The highest BCUT2D eigenvalue weighted by Gasteiger charge is 2.28. The first-order valence-electron chi connectivity index (χ1n) is 8.36. The largest absolute Gasteiger partial charge is 0.490 e. The van der Waals surface area contributed by atoms with Gasteiger partial charge in [-0.15, -0.1) is 11.8 Å². The van der Waals surface area contributed by atoms with Crippen molar-refractivity contribution < 1.29 is 14.3 Å². The minimum absolute atomic E-state index is 0.331. The van der Waals surface area contributed by atoms with Crippen LogP contribution in [0.5, 0.6) is 5.75 Å². The number of carbonyl (C=O) groups is 1. The summed E-state index contributed by atoms with van der Waals surface area (Å²) in [7, 11) is 0. The van der Waals surface area contributed by atoms with Crippen molar-refractivity contribution in [2.24, 2.45) is 0 Å². The third-order valence-corrected chi connectivity index (χ3v) is 4.72. The van der Waals surface area contributed by atoms with E-state index in [0.29, 0.717) is 13.2 Å². The summed E-state index contributed by atoms with van der Waals surface area (Å²) in [5, 5.41) is 0. The molecular weight excluding hydrogens is 334 g/mol. The first-order valence-corrected chi connectivity index (χ1v) is 9.35. The molecule has 0 bridgehead atoms. The Morgan fingerprint density at radius 2 is 1.96 bits per heavy atom. The van der Waals surface area contributed by atoms with Crippen molar-refractivity contribution in [1.82, 2.24) is 0 Å². The molecule has 4 nitrogen and oxygen atoms in total. The molecule has 0 radical (unpaired) electrons. The van der Waals surface area contributed by atoms with Crippen LogP contribution in [0.1, 0.15) is 26.3 Å². The molecule has 132 valence electrons. The van der Waals surface area contributed by atoms with Crippen molar-refractivity contribution in [3.8, 4) is 5.75 Å². The number of hydrogen-bond donors (Lipinski definition) is 0. The van der Waals surface area contributed by atoms with E-state index >= 15 is 0 Å². The van der Waals surface area contributed by atoms with Gasteiger partial charge in [0.25, 0.3) is 0 Å². The summed E-state index contributed by atoms with van der Waals surface area (Å²) >= 11 is 1.74. The fourth-order valence-electron chi connectivity index (χ4n) is 2.53. The number of hydrogen-bond acceptors (Lipinski definition) is 4. The normalized spacial score (nSPS) is 13.8. The Labute approximate surface area is 153 Å². The van der Waals surface area contributed by atoms with E-state index in [1.807, 2.05) is 57.2 Å². The molecule has 0 saturated carbocycles. The van der Waals surface area contributed by atoms with Gasteiger partial charge in [0.15, 0.2) is 0 Å². The van der Waals surface area contributed by atoms with E-state index in [-0.39, 0.29) is 6.09 Å². The molecule has 0 aromatic heterocycles. The topological polar surface area (TPSA) is 38.8 Å². The molecule has 0 N–H and O–H groups in total. The predicted molar refractivity (Wildman–Crippen MR) is 102 cm³/mol. The number of amides is 1. The molecule has 1 amide bonds. The zero-order valence-electron chi connectivity index (χ0n) is 14.8. The van der Waals surface area contributed by atoms with Crippen molar-refractivity contribution in [2.75, 3.05) is 18.1 Å². The van der Waals surface area contributed by atoms with Crippen LogP contribution >= 0.6 is 11.8 Å². The van der Waals surface area contributed by atoms with Gasteiger partial charge < -0.3 is 9.47 Å². The van der Waals surface area contributed by atoms with Gasteiger partial charge >= 0.3 is 6.09 Å². The van der Waals surface area contributed by atoms with E-state index in [1.54, 1.807) is 16.7 Å². The van der Waals surface area contributed by atoms with Crippen LogP contribution < -0.4 is 9.64 Å². The molecule has 5 heteroatoms. The van der Waals surface area contributed by atoms with E-state index < -0.39 is 5.60 Å². The molecule has 0 spiro atoms. The maximum Gasteiger partial charge on any atom is 0.415 e. The van der Waals surface area contributed by atoms with Gasteiger partial charge in [0.1, 0.15) is 18.0 Å². The lowest BCUT2D eigenvalue weighted by atomic mass is 10.2. The highest BCUT2D eigenvalue weighted by atomic mass is 32.2. The second-order valence-electron chi connectivity index (χ2n) is 6.88. The Balaban J connectivity index is 1.77. The number of thioether (sulfide) groups is 1. The number of anilines is 1. The van der Waals surface area contributed by atoms with Crippen molar-refractivity contribution >= 4 is 23.5 Å². The molecule has 1 aliphatic heterocycles. The molecule has 1 heterocycles. The van der Waals surface area contributed by atoms with Crippen LogP contribution in [0.2, 0.25) is 0 Å². The molecular formula is C20H23NO3S. The fourth-order valence-corrected chi connectivity index (χ4v) is 3.42. The molecule has 0 aliphatic carbocycles. The molecule has 0 unspecified atom stereocenters. The van der Waals surface area contributed by atoms with Gasteiger partial charge in [0, 0.05) is 10.6 Å². The Kier molecular flexibility index (Phi) is 5.23. The monoisotopic (exact) mass is 357 g/mol. The van der Waals surface area contributed by atoms with Gasteiger partial charge in [0.05, 0.1) is 12.2 Å². The molecule has 3 rings (SSSR count). The van der Waals surface area contributed by atoms with E-state index in [0.717, 1.165) is 22.1 Å². The summed E-state index contributed by atoms with van der Waals surface area (Å²) in [6, 6.07) is 16.3. The molecule has 0 atom stereocenters. The van der Waals surface area contributed by atoms with Gasteiger partial charge in [0.2, 0.25) is 0 Å². The van der Waals surface area contributed by atoms with Crippen LogP contribution in [0.25, 0.3) is 0 Å². The second kappa shape index (κ2) is 7.40. The summed E-state index contributed by atoms with van der Waals surface area (Å²) in [6.45, 7) is 6.59. The number of ether oxygens (including phenoxy) is 2. The fraction of sp³-hybridized carbons (Fsp3) is 0.350. The van der Waals surface area contributed by atoms with Gasteiger partial charge in [-0.1, -0.05) is 30.3 Å². The first kappa shape index (κ1) is 17.7. The zero-order valence-corrected chi connectivity index (χ0v) is 15.6. The van der Waals surface area contributed by atoms with E-state index in [9.17, 15) is 4.79 Å². The molecule has 2 aromatic rings. The van der Waals surface area contributed by atoms with Gasteiger partial charge in [-0.2, -0.15) is 0 Å². The Hall–Kier alpha value is -2.14. The highest BCUT2D eigenvalue weighted by Crippen LogP contribution is 2.37. The SMILES string of the molecule is CC(C)(C)OC(=O)N1CCOc2ccc(SCc3ccccc3)cc21. The van der Waals surface area contributed by atoms with Crippen molar-refractivity contribution in [2.45, 2.75) is 37.0 Å². The number of rotatable bonds is 3. The van der Waals surface area contributed by atoms with E-state index in [4.69, 9.17) is 9.47 Å². The van der Waals surface area contributed by atoms with Crippen LogP contribution in [0.15, 0.2) is 53.4 Å². The van der Waals surface area contributed by atoms with E-state index in [2.05, 4.69) is 12.1 Å². The molecule has 0 fully saturated rings. The third-order valence-electron chi connectivity index (χ3n) is 3.66. The number of benzene rings is 2. The highest BCUT2D eigenvalue weighted by molar-refractivity contribution is 7.98. The number of carbonyl (C=O) groups excluding carboxylic acids is 1. The minimum atomic E-state index is -0.519. The maximum absolute atomic E-state index is 12.5. The standard InChI is InChI=1S/C20H23NO3S/c1-20(2,3)24-19(22)21-11-12-23-18-10-9-16(13-17(18)21)25-14-15-7-5-4-6-8-15/h4-10,13H,11-12,14H2,1-3H3. The van der Waals surface area contributed by atoms with Crippen molar-refractivity contribution in [3.05, 3.63) is 54.1 Å². The first-order chi connectivity index (χ1) is 11.9. The molecule has 0 saturated heterocycles. The number of nitrogens with zero attached hydrogens (tertiary/aromatic N) is 1. The number of fused-ring (bicyclic) bond motifs is 1. The zero-order chi connectivity index (χ0) is 17.9. The summed E-state index contributed by atoms with van der Waals surface area (Å²) in [5.41, 5.74) is 1.53. The lowest BCUT2D eigenvalue weighted by Gasteiger charge is -2.31. The Morgan fingerprint density at radius 3 is 2.68 bits per heavy atom. The van der Waals surface area contributed by atoms with Crippen LogP contribution in [0.4, 0.5) is 10.5 Å². The average Bonchev–Trinajstić information content (AvgIpc) is 2.58. The molecule has 1 aliphatic rings. The van der Waals surface area contributed by atoms with Crippen molar-refractivity contribution in [1.29, 1.82) is 0 Å². The Morgan fingerprint density at radius 1 is 1.20 bits per heavy atom. The average molecular weight is 357 g/mol. The second-order valence-corrected chi connectivity index (χ2v) is 7.93. The van der Waals surface area contributed by atoms with E-state index in [1.165, 1.54) is 5.56 Å². The molecule has 25 heavy (non-hydrogen) atoms. The predicted octanol–water partition coefficient (Wildman–Crippen LogP) is 5.11. The van der Waals surface area contributed by atoms with Crippen molar-refractivity contribution in [3.63, 3.8) is 0 Å². The smallest absolute Gasteiger partial charge is 0.415 e. The minimum Gasteiger partial charge on any atom is -0.490 e. The Bertz CT molecular complexity index is 740. The molecule has 2 aromatic carbocycles. The van der Waals surface area contributed by atoms with Gasteiger partial charge in [-0.05, 0) is 44.5 Å². The quantitative estimate of drug-likeness (QED) is 0.715. The van der Waals surface area contributed by atoms with Crippen LogP contribution in [0.3, 0.4) is 0 Å². The van der Waals surface area contributed by atoms with Crippen LogP contribution in [0, 0.1) is 0 Å². The third kappa shape index (κ3) is 4.69. The summed E-state index contributed by atoms with van der Waals surface area (Å²) in [6.07, 6.45) is -0.331. The summed E-state index contributed by atoms with van der Waals surface area (Å²) in [4.78, 5) is 15.3. The van der Waals surface area contributed by atoms with Gasteiger partial charge in [-0.25, -0.2) is 4.79 Å². The maximum atomic E-state index is 12.5. The van der Waals surface area contributed by atoms with Crippen LogP contribution in [-0.4, -0.2) is 24.8 Å².